The number of amides is 2. The van der Waals surface area contributed by atoms with Crippen LogP contribution < -0.4 is 24.8 Å². The van der Waals surface area contributed by atoms with Crippen LogP contribution in [0.2, 0.25) is 0 Å². The molecule has 2 N–H and O–H groups in total. The second-order valence-electron chi connectivity index (χ2n) is 5.42. The third-order valence-electron chi connectivity index (χ3n) is 3.62. The van der Waals surface area contributed by atoms with Gasteiger partial charge in [0.25, 0.3) is 0 Å². The van der Waals surface area contributed by atoms with Gasteiger partial charge in [-0.2, -0.15) is 0 Å². The molecule has 7 heteroatoms. The van der Waals surface area contributed by atoms with Crippen LogP contribution in [0, 0.1) is 0 Å². The van der Waals surface area contributed by atoms with Crippen molar-refractivity contribution in [2.75, 3.05) is 19.2 Å². The quantitative estimate of drug-likeness (QED) is 0.785. The van der Waals surface area contributed by atoms with Gasteiger partial charge in [-0.05, 0) is 42.0 Å². The molecule has 0 spiro atoms. The fourth-order valence-corrected chi connectivity index (χ4v) is 2.34. The Labute approximate surface area is 144 Å². The van der Waals surface area contributed by atoms with Crippen LogP contribution in [-0.2, 0) is 16.1 Å². The number of ether oxygens (including phenoxy) is 3. The summed E-state index contributed by atoms with van der Waals surface area (Å²) < 4.78 is 15.6. The number of hydrogen-bond acceptors (Lipinski definition) is 5. The highest BCUT2D eigenvalue weighted by Crippen LogP contribution is 2.32. The van der Waals surface area contributed by atoms with E-state index >= 15 is 0 Å². The maximum atomic E-state index is 11.9. The maximum absolute atomic E-state index is 11.9. The van der Waals surface area contributed by atoms with Gasteiger partial charge < -0.3 is 24.8 Å². The average Bonchev–Trinajstić information content (AvgIpc) is 3.08. The third kappa shape index (κ3) is 4.41. The van der Waals surface area contributed by atoms with Gasteiger partial charge in [-0.15, -0.1) is 0 Å². The SMILES string of the molecule is COc1ccc(NC(=O)CC(=O)NCc2ccc3c(c2)OCO3)cc1. The normalized spacial score (nSPS) is 11.7. The molecule has 0 radical (unpaired) electrons. The Morgan fingerprint density at radius 1 is 1.04 bits per heavy atom. The van der Waals surface area contributed by atoms with E-state index in [4.69, 9.17) is 14.2 Å². The Balaban J connectivity index is 1.46. The standard InChI is InChI=1S/C18H18N2O5/c1-23-14-5-3-13(4-6-14)20-18(22)9-17(21)19-10-12-2-7-15-16(8-12)25-11-24-15/h2-8H,9-11H2,1H3,(H,19,21)(H,20,22). The molecule has 0 atom stereocenters. The summed E-state index contributed by atoms with van der Waals surface area (Å²) in [7, 11) is 1.57. The van der Waals surface area contributed by atoms with E-state index in [0.29, 0.717) is 29.5 Å². The minimum atomic E-state index is -0.381. The van der Waals surface area contributed by atoms with E-state index in [9.17, 15) is 9.59 Å². The molecule has 130 valence electrons. The van der Waals surface area contributed by atoms with Crippen molar-refractivity contribution >= 4 is 17.5 Å². The summed E-state index contributed by atoms with van der Waals surface area (Å²) >= 11 is 0. The molecule has 0 saturated heterocycles. The van der Waals surface area contributed by atoms with Gasteiger partial charge in [-0.1, -0.05) is 6.07 Å². The summed E-state index contributed by atoms with van der Waals surface area (Å²) in [5.41, 5.74) is 1.47. The zero-order chi connectivity index (χ0) is 17.6. The predicted molar refractivity (Wildman–Crippen MR) is 90.7 cm³/mol. The van der Waals surface area contributed by atoms with E-state index < -0.39 is 0 Å². The summed E-state index contributed by atoms with van der Waals surface area (Å²) in [5.74, 6) is 1.30. The number of anilines is 1. The van der Waals surface area contributed by atoms with Gasteiger partial charge in [-0.3, -0.25) is 9.59 Å². The minimum absolute atomic E-state index is 0.205. The average molecular weight is 342 g/mol. The van der Waals surface area contributed by atoms with Crippen LogP contribution in [0.3, 0.4) is 0 Å². The zero-order valence-corrected chi connectivity index (χ0v) is 13.7. The van der Waals surface area contributed by atoms with Crippen LogP contribution in [0.5, 0.6) is 17.2 Å². The molecule has 1 heterocycles. The summed E-state index contributed by atoms with van der Waals surface area (Å²) in [6, 6.07) is 12.3. The smallest absolute Gasteiger partial charge is 0.233 e. The topological polar surface area (TPSA) is 85.9 Å². The van der Waals surface area contributed by atoms with Crippen LogP contribution in [0.1, 0.15) is 12.0 Å². The van der Waals surface area contributed by atoms with Crippen LogP contribution in [0.4, 0.5) is 5.69 Å². The van der Waals surface area contributed by atoms with Crippen molar-refractivity contribution in [2.45, 2.75) is 13.0 Å². The van der Waals surface area contributed by atoms with Crippen LogP contribution in [0.15, 0.2) is 42.5 Å². The summed E-state index contributed by atoms with van der Waals surface area (Å²) in [4.78, 5) is 23.8. The first kappa shape index (κ1) is 16.6. The number of benzene rings is 2. The Morgan fingerprint density at radius 3 is 2.56 bits per heavy atom. The largest absolute Gasteiger partial charge is 0.497 e. The van der Waals surface area contributed by atoms with Crippen LogP contribution in [0.25, 0.3) is 0 Å². The highest BCUT2D eigenvalue weighted by Gasteiger charge is 2.14. The van der Waals surface area contributed by atoms with E-state index in [0.717, 1.165) is 5.56 Å². The molecule has 2 amide bonds. The van der Waals surface area contributed by atoms with Gasteiger partial charge in [0.15, 0.2) is 11.5 Å². The molecule has 1 aliphatic rings. The first-order valence-corrected chi connectivity index (χ1v) is 7.73. The Morgan fingerprint density at radius 2 is 1.80 bits per heavy atom. The lowest BCUT2D eigenvalue weighted by molar-refractivity contribution is -0.126. The minimum Gasteiger partial charge on any atom is -0.497 e. The first-order chi connectivity index (χ1) is 12.1. The number of nitrogens with one attached hydrogen (secondary N) is 2. The second kappa shape index (κ2) is 7.57. The maximum Gasteiger partial charge on any atom is 0.233 e. The van der Waals surface area contributed by atoms with Gasteiger partial charge in [0.05, 0.1) is 7.11 Å². The lowest BCUT2D eigenvalue weighted by Crippen LogP contribution is -2.27. The Kier molecular flexibility index (Phi) is 5.03. The number of methoxy groups -OCH3 is 1. The van der Waals surface area contributed by atoms with E-state index in [2.05, 4.69) is 10.6 Å². The fourth-order valence-electron chi connectivity index (χ4n) is 2.34. The third-order valence-corrected chi connectivity index (χ3v) is 3.62. The molecule has 0 saturated carbocycles. The van der Waals surface area contributed by atoms with E-state index in [-0.39, 0.29) is 25.0 Å². The summed E-state index contributed by atoms with van der Waals surface area (Å²) in [5, 5.41) is 5.37. The highest BCUT2D eigenvalue weighted by atomic mass is 16.7. The Hall–Kier alpha value is -3.22. The molecule has 3 rings (SSSR count). The molecule has 7 nitrogen and oxygen atoms in total. The van der Waals surface area contributed by atoms with Crippen molar-refractivity contribution in [3.8, 4) is 17.2 Å². The Bertz CT molecular complexity index is 774. The van der Waals surface area contributed by atoms with Crippen molar-refractivity contribution in [1.82, 2.24) is 5.32 Å². The molecule has 0 bridgehead atoms. The van der Waals surface area contributed by atoms with Gasteiger partial charge in [0.2, 0.25) is 18.6 Å². The van der Waals surface area contributed by atoms with E-state index in [1.54, 1.807) is 43.5 Å². The molecule has 0 aliphatic carbocycles. The lowest BCUT2D eigenvalue weighted by Gasteiger charge is -2.08. The number of carbonyl (C=O) groups is 2. The zero-order valence-electron chi connectivity index (χ0n) is 13.7. The van der Waals surface area contributed by atoms with Gasteiger partial charge in [0.1, 0.15) is 12.2 Å². The van der Waals surface area contributed by atoms with Gasteiger partial charge in [-0.25, -0.2) is 0 Å². The molecule has 0 unspecified atom stereocenters. The molecule has 2 aromatic carbocycles. The van der Waals surface area contributed by atoms with Gasteiger partial charge in [0, 0.05) is 12.2 Å². The van der Waals surface area contributed by atoms with Crippen LogP contribution >= 0.6 is 0 Å². The number of hydrogen-bond donors (Lipinski definition) is 2. The number of fused-ring (bicyclic) bond motifs is 1. The number of carbonyl (C=O) groups excluding carboxylic acids is 2. The van der Waals surface area contributed by atoms with Crippen molar-refractivity contribution in [2.24, 2.45) is 0 Å². The second-order valence-corrected chi connectivity index (χ2v) is 5.42. The molecule has 0 aromatic heterocycles. The molecular formula is C18H18N2O5. The molecule has 25 heavy (non-hydrogen) atoms. The summed E-state index contributed by atoms with van der Waals surface area (Å²) in [6.07, 6.45) is -0.253. The van der Waals surface area contributed by atoms with Crippen LogP contribution in [-0.4, -0.2) is 25.7 Å². The van der Waals surface area contributed by atoms with E-state index in [1.807, 2.05) is 6.07 Å². The predicted octanol–water partition coefficient (Wildman–Crippen LogP) is 2.07. The lowest BCUT2D eigenvalue weighted by atomic mass is 10.2. The fraction of sp³-hybridized carbons (Fsp3) is 0.222. The van der Waals surface area contributed by atoms with E-state index in [1.165, 1.54) is 0 Å². The van der Waals surface area contributed by atoms with Crippen molar-refractivity contribution in [3.63, 3.8) is 0 Å². The molecular weight excluding hydrogens is 324 g/mol. The number of rotatable bonds is 6. The first-order valence-electron chi connectivity index (χ1n) is 7.73. The molecule has 0 fully saturated rings. The summed E-state index contributed by atoms with van der Waals surface area (Å²) in [6.45, 7) is 0.516. The van der Waals surface area contributed by atoms with Crippen molar-refractivity contribution in [3.05, 3.63) is 48.0 Å². The highest BCUT2D eigenvalue weighted by molar-refractivity contribution is 6.03. The van der Waals surface area contributed by atoms with Crippen molar-refractivity contribution in [1.29, 1.82) is 0 Å². The van der Waals surface area contributed by atoms with Gasteiger partial charge >= 0.3 is 0 Å². The van der Waals surface area contributed by atoms with Crippen molar-refractivity contribution < 1.29 is 23.8 Å². The molecule has 2 aromatic rings. The molecule has 1 aliphatic heterocycles. The monoisotopic (exact) mass is 342 g/mol.